The fourth-order valence-electron chi connectivity index (χ4n) is 5.15. The number of morpholine rings is 1. The van der Waals surface area contributed by atoms with Gasteiger partial charge in [0.15, 0.2) is 0 Å². The van der Waals surface area contributed by atoms with Gasteiger partial charge in [0.05, 0.1) is 19.4 Å². The molecule has 0 spiro atoms. The smallest absolute Gasteiger partial charge is 0.255 e. The van der Waals surface area contributed by atoms with Gasteiger partial charge in [-0.2, -0.15) is 5.10 Å². The van der Waals surface area contributed by atoms with Crippen molar-refractivity contribution in [1.82, 2.24) is 24.1 Å². The Balaban J connectivity index is 1.34. The quantitative estimate of drug-likeness (QED) is 0.790. The molecule has 3 aliphatic heterocycles. The standard InChI is InChI=1S/C21H29N5O2/c1-23-10-17(9-22-23)12-25-11-16-8-19(15-25)20-3-2-18(21(27)26(20)13-16)14-24-4-6-28-7-5-24/h2-3,9-10,16,19H,4-8,11-15H2,1H3/t16-,19+/m0/s1. The van der Waals surface area contributed by atoms with Crippen molar-refractivity contribution >= 4 is 0 Å². The zero-order chi connectivity index (χ0) is 19.1. The number of rotatable bonds is 4. The summed E-state index contributed by atoms with van der Waals surface area (Å²) in [5.41, 5.74) is 3.64. The number of ether oxygens (including phenoxy) is 1. The second-order valence-corrected chi connectivity index (χ2v) is 8.60. The molecule has 150 valence electrons. The molecule has 7 heteroatoms. The van der Waals surface area contributed by atoms with E-state index in [0.29, 0.717) is 11.8 Å². The molecule has 5 heterocycles. The van der Waals surface area contributed by atoms with Crippen LogP contribution < -0.4 is 5.56 Å². The van der Waals surface area contributed by atoms with E-state index in [0.717, 1.165) is 64.6 Å². The molecule has 5 rings (SSSR count). The Morgan fingerprint density at radius 3 is 2.75 bits per heavy atom. The van der Waals surface area contributed by atoms with E-state index in [4.69, 9.17) is 4.74 Å². The molecule has 2 bridgehead atoms. The summed E-state index contributed by atoms with van der Waals surface area (Å²) in [5.74, 6) is 1.01. The van der Waals surface area contributed by atoms with Gasteiger partial charge < -0.3 is 9.30 Å². The normalized spacial score (nSPS) is 25.6. The van der Waals surface area contributed by atoms with E-state index in [9.17, 15) is 4.79 Å². The minimum Gasteiger partial charge on any atom is -0.379 e. The maximum atomic E-state index is 13.2. The summed E-state index contributed by atoms with van der Waals surface area (Å²) >= 11 is 0. The summed E-state index contributed by atoms with van der Waals surface area (Å²) in [6, 6.07) is 4.29. The van der Waals surface area contributed by atoms with Crippen LogP contribution in [0.5, 0.6) is 0 Å². The maximum Gasteiger partial charge on any atom is 0.255 e. The van der Waals surface area contributed by atoms with Gasteiger partial charge in [-0.05, 0) is 18.4 Å². The summed E-state index contributed by atoms with van der Waals surface area (Å²) < 4.78 is 9.37. The number of aryl methyl sites for hydroxylation is 1. The first-order valence-corrected chi connectivity index (χ1v) is 10.4. The molecule has 2 fully saturated rings. The minimum atomic E-state index is 0.222. The van der Waals surface area contributed by atoms with Gasteiger partial charge in [0.1, 0.15) is 0 Å². The lowest BCUT2D eigenvalue weighted by atomic mass is 9.83. The van der Waals surface area contributed by atoms with Crippen LogP contribution in [0.3, 0.4) is 0 Å². The number of hydrogen-bond donors (Lipinski definition) is 0. The molecule has 0 aromatic carbocycles. The van der Waals surface area contributed by atoms with Crippen LogP contribution in [0.2, 0.25) is 0 Å². The van der Waals surface area contributed by atoms with Gasteiger partial charge in [-0.15, -0.1) is 0 Å². The Morgan fingerprint density at radius 2 is 1.96 bits per heavy atom. The molecule has 3 aliphatic rings. The summed E-state index contributed by atoms with van der Waals surface area (Å²) in [6.45, 7) is 7.98. The molecule has 2 aromatic heterocycles. The molecule has 7 nitrogen and oxygen atoms in total. The van der Waals surface area contributed by atoms with Crippen molar-refractivity contribution in [3.63, 3.8) is 0 Å². The zero-order valence-corrected chi connectivity index (χ0v) is 16.6. The molecule has 0 saturated carbocycles. The molecule has 0 aliphatic carbocycles. The fourth-order valence-corrected chi connectivity index (χ4v) is 5.15. The zero-order valence-electron chi connectivity index (χ0n) is 16.6. The third kappa shape index (κ3) is 3.54. The van der Waals surface area contributed by atoms with Gasteiger partial charge in [-0.25, -0.2) is 0 Å². The summed E-state index contributed by atoms with van der Waals surface area (Å²) in [4.78, 5) is 18.0. The molecular formula is C21H29N5O2. The Kier molecular flexibility index (Phi) is 4.82. The Labute approximate surface area is 165 Å². The summed E-state index contributed by atoms with van der Waals surface area (Å²) in [7, 11) is 1.96. The van der Waals surface area contributed by atoms with Gasteiger partial charge in [0, 0.05) is 81.8 Å². The second-order valence-electron chi connectivity index (χ2n) is 8.60. The minimum absolute atomic E-state index is 0.222. The Hall–Kier alpha value is -1.96. The number of fused-ring (bicyclic) bond motifs is 4. The first kappa shape index (κ1) is 18.1. The van der Waals surface area contributed by atoms with Crippen LogP contribution in [0.4, 0.5) is 0 Å². The molecule has 2 aromatic rings. The molecular weight excluding hydrogens is 354 g/mol. The molecule has 0 N–H and O–H groups in total. The molecule has 0 radical (unpaired) electrons. The van der Waals surface area contributed by atoms with Crippen molar-refractivity contribution in [2.45, 2.75) is 32.0 Å². The van der Waals surface area contributed by atoms with E-state index in [2.05, 4.69) is 37.8 Å². The van der Waals surface area contributed by atoms with Crippen molar-refractivity contribution in [2.24, 2.45) is 13.0 Å². The predicted octanol–water partition coefficient (Wildman–Crippen LogP) is 1.03. The number of hydrogen-bond acceptors (Lipinski definition) is 5. The van der Waals surface area contributed by atoms with Crippen LogP contribution >= 0.6 is 0 Å². The highest BCUT2D eigenvalue weighted by atomic mass is 16.5. The van der Waals surface area contributed by atoms with E-state index < -0.39 is 0 Å². The maximum absolute atomic E-state index is 13.2. The number of piperidine rings is 1. The van der Waals surface area contributed by atoms with E-state index in [1.807, 2.05) is 17.9 Å². The highest BCUT2D eigenvalue weighted by Gasteiger charge is 2.35. The average molecular weight is 383 g/mol. The number of likely N-dealkylation sites (tertiary alicyclic amines) is 1. The van der Waals surface area contributed by atoms with Gasteiger partial charge >= 0.3 is 0 Å². The largest absolute Gasteiger partial charge is 0.379 e. The van der Waals surface area contributed by atoms with Crippen LogP contribution in [0.1, 0.15) is 29.2 Å². The van der Waals surface area contributed by atoms with Gasteiger partial charge in [0.2, 0.25) is 0 Å². The molecule has 0 unspecified atom stereocenters. The lowest BCUT2D eigenvalue weighted by molar-refractivity contribution is 0.0338. The van der Waals surface area contributed by atoms with Gasteiger partial charge in [0.25, 0.3) is 5.56 Å². The Bertz CT molecular complexity index is 898. The topological polar surface area (TPSA) is 55.5 Å². The van der Waals surface area contributed by atoms with Crippen LogP contribution in [0.15, 0.2) is 29.3 Å². The van der Waals surface area contributed by atoms with Crippen molar-refractivity contribution in [2.75, 3.05) is 39.4 Å². The van der Waals surface area contributed by atoms with Gasteiger partial charge in [-0.1, -0.05) is 6.07 Å². The predicted molar refractivity (Wildman–Crippen MR) is 106 cm³/mol. The van der Waals surface area contributed by atoms with Crippen LogP contribution in [0.25, 0.3) is 0 Å². The first-order chi connectivity index (χ1) is 13.7. The average Bonchev–Trinajstić information content (AvgIpc) is 3.10. The van der Waals surface area contributed by atoms with E-state index in [1.165, 1.54) is 17.7 Å². The van der Waals surface area contributed by atoms with Crippen molar-refractivity contribution in [1.29, 1.82) is 0 Å². The summed E-state index contributed by atoms with van der Waals surface area (Å²) in [5, 5.41) is 4.29. The fraction of sp³-hybridized carbons (Fsp3) is 0.619. The van der Waals surface area contributed by atoms with Crippen LogP contribution in [-0.2, 0) is 31.4 Å². The number of pyridine rings is 1. The first-order valence-electron chi connectivity index (χ1n) is 10.4. The lowest BCUT2D eigenvalue weighted by Crippen LogP contribution is -2.47. The highest BCUT2D eigenvalue weighted by molar-refractivity contribution is 5.22. The van der Waals surface area contributed by atoms with E-state index in [-0.39, 0.29) is 5.56 Å². The summed E-state index contributed by atoms with van der Waals surface area (Å²) in [6.07, 6.45) is 5.26. The number of aromatic nitrogens is 3. The molecule has 2 saturated heterocycles. The molecule has 28 heavy (non-hydrogen) atoms. The molecule has 0 amide bonds. The van der Waals surface area contributed by atoms with E-state index >= 15 is 0 Å². The van der Waals surface area contributed by atoms with Crippen molar-refractivity contribution in [3.8, 4) is 0 Å². The van der Waals surface area contributed by atoms with Crippen molar-refractivity contribution in [3.05, 3.63) is 51.7 Å². The number of nitrogens with zero attached hydrogens (tertiary/aromatic N) is 5. The monoisotopic (exact) mass is 383 g/mol. The third-order valence-electron chi connectivity index (χ3n) is 6.42. The van der Waals surface area contributed by atoms with Crippen LogP contribution in [-0.4, -0.2) is 63.5 Å². The molecule has 2 atom stereocenters. The van der Waals surface area contributed by atoms with Crippen LogP contribution in [0, 0.1) is 5.92 Å². The van der Waals surface area contributed by atoms with Gasteiger partial charge in [-0.3, -0.25) is 19.3 Å². The van der Waals surface area contributed by atoms with E-state index in [1.54, 1.807) is 0 Å². The SMILES string of the molecule is Cn1cc(CN2C[C@@H]3C[C@H](C2)c2ccc(CN4CCOCC4)c(=O)n2C3)cn1. The highest BCUT2D eigenvalue weighted by Crippen LogP contribution is 2.35. The third-order valence-corrected chi connectivity index (χ3v) is 6.42. The second kappa shape index (κ2) is 7.46. The Morgan fingerprint density at radius 1 is 1.11 bits per heavy atom. The van der Waals surface area contributed by atoms with Crippen molar-refractivity contribution < 1.29 is 4.74 Å². The lowest BCUT2D eigenvalue weighted by Gasteiger charge is -2.43.